The molecule has 2 bridgehead atoms. The van der Waals surface area contributed by atoms with E-state index in [1.807, 2.05) is 0 Å². The van der Waals surface area contributed by atoms with E-state index in [2.05, 4.69) is 22.2 Å². The highest BCUT2D eigenvalue weighted by atomic mass is 19.1. The van der Waals surface area contributed by atoms with Gasteiger partial charge in [-0.1, -0.05) is 6.07 Å². The van der Waals surface area contributed by atoms with Crippen molar-refractivity contribution in [3.63, 3.8) is 0 Å². The molecule has 1 aliphatic carbocycles. The second kappa shape index (κ2) is 7.16. The Hall–Kier alpha value is -3.20. The minimum absolute atomic E-state index is 0.0517. The van der Waals surface area contributed by atoms with E-state index in [9.17, 15) is 4.79 Å². The molecular formula is C23H25FN4O4. The molecule has 8 nitrogen and oxygen atoms in total. The van der Waals surface area contributed by atoms with E-state index >= 15 is 4.39 Å². The van der Waals surface area contributed by atoms with Crippen molar-refractivity contribution in [2.75, 3.05) is 19.0 Å². The third-order valence-electron chi connectivity index (χ3n) is 6.08. The quantitative estimate of drug-likeness (QED) is 0.629. The van der Waals surface area contributed by atoms with Crippen LogP contribution in [0.25, 0.3) is 5.65 Å². The van der Waals surface area contributed by atoms with Crippen LogP contribution in [0.2, 0.25) is 0 Å². The van der Waals surface area contributed by atoms with Gasteiger partial charge in [0.05, 0.1) is 31.1 Å². The van der Waals surface area contributed by atoms with Crippen LogP contribution in [0.4, 0.5) is 10.2 Å². The van der Waals surface area contributed by atoms with Gasteiger partial charge in [-0.3, -0.25) is 4.79 Å². The molecule has 3 aliphatic rings. The van der Waals surface area contributed by atoms with Crippen molar-refractivity contribution in [1.29, 1.82) is 0 Å². The van der Waals surface area contributed by atoms with Gasteiger partial charge in [0, 0.05) is 23.9 Å². The van der Waals surface area contributed by atoms with Crippen molar-refractivity contribution < 1.29 is 23.4 Å². The first kappa shape index (κ1) is 20.7. The summed E-state index contributed by atoms with van der Waals surface area (Å²) < 4.78 is 33.8. The first-order valence-corrected chi connectivity index (χ1v) is 10.6. The van der Waals surface area contributed by atoms with Crippen molar-refractivity contribution in [2.45, 2.75) is 50.7 Å². The Labute approximate surface area is 184 Å². The number of imidazole rings is 1. The lowest BCUT2D eigenvalue weighted by molar-refractivity contribution is 0.0154. The van der Waals surface area contributed by atoms with E-state index in [1.165, 1.54) is 7.11 Å². The molecule has 3 aromatic heterocycles. The predicted molar refractivity (Wildman–Crippen MR) is 115 cm³/mol. The number of aromatic nitrogens is 3. The molecule has 2 saturated heterocycles. The number of carbonyl (C=O) groups excluding carboxylic acids is 1. The van der Waals surface area contributed by atoms with Crippen molar-refractivity contribution in [1.82, 2.24) is 14.4 Å². The lowest BCUT2D eigenvalue weighted by Gasteiger charge is -2.41. The molecule has 0 atom stereocenters. The number of halogens is 1. The summed E-state index contributed by atoms with van der Waals surface area (Å²) in [7, 11) is 1.49. The zero-order valence-electron chi connectivity index (χ0n) is 18.4. The van der Waals surface area contributed by atoms with Crippen LogP contribution in [-0.4, -0.2) is 45.7 Å². The summed E-state index contributed by atoms with van der Waals surface area (Å²) in [5.41, 5.74) is 0.639. The molecule has 3 fully saturated rings. The van der Waals surface area contributed by atoms with Gasteiger partial charge in [0.2, 0.25) is 11.7 Å². The first-order valence-electron chi connectivity index (χ1n) is 10.6. The van der Waals surface area contributed by atoms with E-state index in [0.717, 1.165) is 18.5 Å². The molecule has 1 saturated carbocycles. The molecule has 3 aromatic rings. The zero-order chi connectivity index (χ0) is 22.7. The number of anilines is 1. The van der Waals surface area contributed by atoms with Crippen LogP contribution >= 0.6 is 0 Å². The summed E-state index contributed by atoms with van der Waals surface area (Å²) in [6, 6.07) is 4.99. The number of hydrogen-bond acceptors (Lipinski definition) is 6. The van der Waals surface area contributed by atoms with Crippen LogP contribution in [0.3, 0.4) is 0 Å². The number of hydrogen-bond donors (Lipinski definition) is 1. The Kier molecular flexibility index (Phi) is 4.63. The summed E-state index contributed by atoms with van der Waals surface area (Å²) in [6.45, 7) is 6.20. The minimum Gasteiger partial charge on any atom is -0.487 e. The summed E-state index contributed by atoms with van der Waals surface area (Å²) >= 11 is 0. The molecule has 168 valence electrons. The van der Waals surface area contributed by atoms with Crippen molar-refractivity contribution in [3.05, 3.63) is 47.7 Å². The summed E-state index contributed by atoms with van der Waals surface area (Å²) in [5.74, 6) is -0.714. The van der Waals surface area contributed by atoms with E-state index in [4.69, 9.17) is 14.2 Å². The van der Waals surface area contributed by atoms with Gasteiger partial charge in [0.1, 0.15) is 11.4 Å². The maximum absolute atomic E-state index is 15.6. The van der Waals surface area contributed by atoms with Gasteiger partial charge in [-0.25, -0.2) is 4.98 Å². The van der Waals surface area contributed by atoms with Gasteiger partial charge in [0.15, 0.2) is 11.4 Å². The number of methoxy groups -OCH3 is 1. The van der Waals surface area contributed by atoms with Crippen molar-refractivity contribution in [2.24, 2.45) is 0 Å². The second-order valence-corrected chi connectivity index (χ2v) is 9.10. The van der Waals surface area contributed by atoms with Crippen LogP contribution in [0, 0.1) is 5.82 Å². The average Bonchev–Trinajstić information content (AvgIpc) is 3.41. The molecule has 1 N–H and O–H groups in total. The molecule has 9 heteroatoms. The molecule has 6 rings (SSSR count). The Balaban J connectivity index is 1.55. The Bertz CT molecular complexity index is 1220. The van der Waals surface area contributed by atoms with E-state index in [1.54, 1.807) is 48.8 Å². The number of rotatable bonds is 6. The maximum Gasteiger partial charge on any atom is 0.262 e. The summed E-state index contributed by atoms with van der Waals surface area (Å²) in [5, 5.41) is 2.69. The zero-order valence-corrected chi connectivity index (χ0v) is 18.4. The topological polar surface area (TPSA) is 87.0 Å². The first-order chi connectivity index (χ1) is 15.2. The van der Waals surface area contributed by atoms with Crippen LogP contribution in [0.1, 0.15) is 49.7 Å². The monoisotopic (exact) mass is 440 g/mol. The molecular weight excluding hydrogens is 415 g/mol. The lowest BCUT2D eigenvalue weighted by Crippen LogP contribution is -2.45. The molecule has 32 heavy (non-hydrogen) atoms. The maximum atomic E-state index is 15.6. The van der Waals surface area contributed by atoms with Crippen LogP contribution in [-0.2, 0) is 10.2 Å². The number of nitrogens with zero attached hydrogens (tertiary/aromatic N) is 3. The fourth-order valence-corrected chi connectivity index (χ4v) is 4.77. The molecule has 0 radical (unpaired) electrons. The fraction of sp³-hybridized carbons (Fsp3) is 0.435. The Morgan fingerprint density at radius 1 is 1.28 bits per heavy atom. The van der Waals surface area contributed by atoms with Crippen molar-refractivity contribution in [3.8, 4) is 11.6 Å². The Morgan fingerprint density at radius 3 is 2.72 bits per heavy atom. The highest BCUT2D eigenvalue weighted by Gasteiger charge is 2.61. The third-order valence-corrected chi connectivity index (χ3v) is 6.08. The highest BCUT2D eigenvalue weighted by Crippen LogP contribution is 2.58. The number of fused-ring (bicyclic) bond motifs is 2. The van der Waals surface area contributed by atoms with Gasteiger partial charge in [0.25, 0.3) is 5.91 Å². The van der Waals surface area contributed by atoms with Gasteiger partial charge in [-0.2, -0.15) is 9.37 Å². The molecule has 0 aromatic carbocycles. The van der Waals surface area contributed by atoms with Crippen LogP contribution in [0.15, 0.2) is 30.6 Å². The normalized spacial score (nSPS) is 23.9. The fourth-order valence-electron chi connectivity index (χ4n) is 4.77. The third kappa shape index (κ3) is 3.28. The Morgan fingerprint density at radius 2 is 2.06 bits per heavy atom. The molecule has 5 heterocycles. The summed E-state index contributed by atoms with van der Waals surface area (Å²) in [4.78, 5) is 21.9. The molecule has 0 unspecified atom stereocenters. The van der Waals surface area contributed by atoms with Gasteiger partial charge < -0.3 is 23.9 Å². The number of pyridine rings is 2. The minimum atomic E-state index is -0.673. The van der Waals surface area contributed by atoms with Crippen LogP contribution < -0.4 is 14.8 Å². The highest BCUT2D eigenvalue weighted by molar-refractivity contribution is 6.06. The second-order valence-electron chi connectivity index (χ2n) is 9.10. The number of amides is 1. The predicted octanol–water partition coefficient (Wildman–Crippen LogP) is 3.74. The summed E-state index contributed by atoms with van der Waals surface area (Å²) in [6.07, 6.45) is 4.71. The number of ether oxygens (including phenoxy) is 3. The van der Waals surface area contributed by atoms with Crippen molar-refractivity contribution >= 4 is 17.4 Å². The molecule has 1 amide bonds. The average molecular weight is 440 g/mol. The van der Waals surface area contributed by atoms with E-state index < -0.39 is 11.7 Å². The number of carbonyl (C=O) groups is 1. The largest absolute Gasteiger partial charge is 0.487 e. The molecule has 2 aliphatic heterocycles. The van der Waals surface area contributed by atoms with E-state index in [-0.39, 0.29) is 39.9 Å². The van der Waals surface area contributed by atoms with Gasteiger partial charge in [-0.05, 0) is 39.7 Å². The van der Waals surface area contributed by atoms with Crippen LogP contribution in [0.5, 0.6) is 11.6 Å². The standard InChI is InChI=1S/C23H25FN4O4/c1-13(2)32-19-14(21(29)27-16-6-5-7-17(26-16)30-4)8-28-9-15(25-20(28)18(19)24)23-10-22(3,11-23)31-12-23/h5-9,13H,10-12H2,1-4H3,(H,26,27,29). The molecule has 0 spiro atoms. The lowest BCUT2D eigenvalue weighted by atomic mass is 9.62. The number of nitrogens with one attached hydrogen (secondary N) is 1. The van der Waals surface area contributed by atoms with Gasteiger partial charge >= 0.3 is 0 Å². The SMILES string of the molecule is COc1cccc(NC(=O)c2cn3cc(C45COC(C)(C4)C5)nc3c(F)c2OC(C)C)n1. The van der Waals surface area contributed by atoms with E-state index in [0.29, 0.717) is 12.5 Å². The smallest absolute Gasteiger partial charge is 0.262 e. The van der Waals surface area contributed by atoms with Gasteiger partial charge in [-0.15, -0.1) is 0 Å².